The van der Waals surface area contributed by atoms with Gasteiger partial charge in [0, 0.05) is 53.7 Å². The third-order valence-electron chi connectivity index (χ3n) is 7.71. The van der Waals surface area contributed by atoms with Gasteiger partial charge in [0.25, 0.3) is 0 Å². The van der Waals surface area contributed by atoms with E-state index in [0.29, 0.717) is 16.2 Å². The zero-order valence-corrected chi connectivity index (χ0v) is 29.2. The van der Waals surface area contributed by atoms with Crippen molar-refractivity contribution in [3.8, 4) is 22.4 Å². The van der Waals surface area contributed by atoms with Crippen LogP contribution in [-0.4, -0.2) is 15.9 Å². The third-order valence-corrected chi connectivity index (χ3v) is 8.93. The van der Waals surface area contributed by atoms with Crippen molar-refractivity contribution in [2.24, 2.45) is 5.92 Å². The van der Waals surface area contributed by atoms with Gasteiger partial charge in [0.2, 0.25) is 0 Å². The summed E-state index contributed by atoms with van der Waals surface area (Å²) in [7, 11) is 0. The van der Waals surface area contributed by atoms with E-state index in [4.69, 9.17) is 10.1 Å². The number of thiophene rings is 1. The second-order valence-electron chi connectivity index (χ2n) is 11.7. The monoisotopic (exact) mass is 803 g/mol. The number of rotatable bonds is 5. The van der Waals surface area contributed by atoms with Crippen LogP contribution in [-0.2, 0) is 31.3 Å². The minimum absolute atomic E-state index is 0. The van der Waals surface area contributed by atoms with Gasteiger partial charge in [-0.15, -0.1) is 40.5 Å². The van der Waals surface area contributed by atoms with Crippen molar-refractivity contribution >= 4 is 58.8 Å². The summed E-state index contributed by atoms with van der Waals surface area (Å²) in [6.07, 6.45) is 3.97. The first-order valence-corrected chi connectivity index (χ1v) is 15.8. The van der Waals surface area contributed by atoms with Crippen molar-refractivity contribution in [3.63, 3.8) is 0 Å². The number of benzene rings is 5. The summed E-state index contributed by atoms with van der Waals surface area (Å²) < 4.78 is 17.5. The summed E-state index contributed by atoms with van der Waals surface area (Å²) in [5.41, 5.74) is 4.64. The van der Waals surface area contributed by atoms with E-state index in [1.807, 2.05) is 54.7 Å². The summed E-state index contributed by atoms with van der Waals surface area (Å²) in [6, 6.07) is 34.5. The summed E-state index contributed by atoms with van der Waals surface area (Å²) in [5.74, 6) is 0.272. The molecule has 0 fully saturated rings. The summed E-state index contributed by atoms with van der Waals surface area (Å²) in [5, 5.41) is 15.2. The maximum atomic E-state index is 15.9. The molecule has 0 saturated heterocycles. The molecule has 0 aliphatic carbocycles. The van der Waals surface area contributed by atoms with Crippen LogP contribution in [0.2, 0.25) is 0 Å². The zero-order valence-electron chi connectivity index (χ0n) is 26.0. The topological polar surface area (TPSA) is 50.2 Å². The van der Waals surface area contributed by atoms with Crippen molar-refractivity contribution < 1.29 is 34.4 Å². The fourth-order valence-electron chi connectivity index (χ4n) is 5.94. The molecule has 5 aromatic carbocycles. The van der Waals surface area contributed by atoms with E-state index in [9.17, 15) is 4.79 Å². The van der Waals surface area contributed by atoms with Crippen LogP contribution in [0.25, 0.3) is 64.1 Å². The Morgan fingerprint density at radius 1 is 0.913 bits per heavy atom. The SMILES string of the molecule is CC(=O)/C=C(/C)O.CC(C)Cc1cc(-c2nccc3c2sc2c(F)c(-c4ccccc4)ccc23)[c-]c2ccc3ccccc3c12.[Ir]. The number of aliphatic hydroxyl groups excluding tert-OH is 1. The van der Waals surface area contributed by atoms with Crippen molar-refractivity contribution in [1.82, 2.24) is 4.98 Å². The van der Waals surface area contributed by atoms with E-state index in [1.54, 1.807) is 0 Å². The predicted octanol–water partition coefficient (Wildman–Crippen LogP) is 11.3. The molecule has 1 N–H and O–H groups in total. The molecule has 7 rings (SSSR count). The molecule has 0 atom stereocenters. The van der Waals surface area contributed by atoms with E-state index in [-0.39, 0.29) is 37.5 Å². The first kappa shape index (κ1) is 33.2. The Hall–Kier alpha value is -4.22. The van der Waals surface area contributed by atoms with E-state index < -0.39 is 0 Å². The standard InChI is InChI=1S/C35H25FNS.C5H8O2.Ir/c1-21(2)18-25-20-26(19-24-13-12-23-10-6-7-11-27(23)31(24)25)33-35-30(16-17-37-33)29-15-14-28(32(36)34(29)38-35)22-8-4-3-5-9-22;1-4(6)3-5(2)7;/h3-17,20-21H,18H2,1-2H3;3,6H,1-2H3;/q-1;;/b;4-3-;. The molecule has 6 heteroatoms. The molecule has 0 spiro atoms. The Labute approximate surface area is 285 Å². The minimum Gasteiger partial charge on any atom is -0.512 e. The van der Waals surface area contributed by atoms with Gasteiger partial charge in [0.15, 0.2) is 5.78 Å². The van der Waals surface area contributed by atoms with Crippen molar-refractivity contribution in [2.75, 3.05) is 0 Å². The van der Waals surface area contributed by atoms with Crippen LogP contribution in [0, 0.1) is 17.8 Å². The average molecular weight is 803 g/mol. The fourth-order valence-corrected chi connectivity index (χ4v) is 7.18. The van der Waals surface area contributed by atoms with Crippen LogP contribution in [0.3, 0.4) is 0 Å². The number of hydrogen-bond acceptors (Lipinski definition) is 4. The van der Waals surface area contributed by atoms with Crippen LogP contribution in [0.4, 0.5) is 4.39 Å². The van der Waals surface area contributed by atoms with Gasteiger partial charge < -0.3 is 5.11 Å². The van der Waals surface area contributed by atoms with Gasteiger partial charge in [-0.25, -0.2) is 4.39 Å². The second-order valence-corrected chi connectivity index (χ2v) is 12.7. The minimum atomic E-state index is -0.171. The smallest absolute Gasteiger partial charge is 0.155 e. The molecule has 0 bridgehead atoms. The number of ketones is 1. The van der Waals surface area contributed by atoms with Crippen LogP contribution < -0.4 is 0 Å². The maximum Gasteiger partial charge on any atom is 0.155 e. The number of nitrogens with zero attached hydrogens (tertiary/aromatic N) is 1. The molecular formula is C40H33FIrNO2S-. The van der Waals surface area contributed by atoms with Gasteiger partial charge in [-0.1, -0.05) is 97.6 Å². The van der Waals surface area contributed by atoms with Crippen molar-refractivity contribution in [3.05, 3.63) is 126 Å². The Morgan fingerprint density at radius 3 is 2.33 bits per heavy atom. The summed E-state index contributed by atoms with van der Waals surface area (Å²) in [6.45, 7) is 7.36. The van der Waals surface area contributed by atoms with Gasteiger partial charge in [-0.05, 0) is 54.0 Å². The number of halogens is 1. The van der Waals surface area contributed by atoms with Crippen LogP contribution >= 0.6 is 11.3 Å². The van der Waals surface area contributed by atoms with E-state index in [1.165, 1.54) is 53.0 Å². The fraction of sp³-hybridized carbons (Fsp3) is 0.150. The number of allylic oxidation sites excluding steroid dienone is 2. The van der Waals surface area contributed by atoms with Gasteiger partial charge in [-0.3, -0.25) is 9.78 Å². The molecule has 0 unspecified atom stereocenters. The molecule has 0 amide bonds. The summed E-state index contributed by atoms with van der Waals surface area (Å²) >= 11 is 1.49. The van der Waals surface area contributed by atoms with Gasteiger partial charge in [0.05, 0.1) is 10.5 Å². The molecule has 233 valence electrons. The number of carbonyl (C=O) groups excluding carboxylic acids is 1. The molecule has 2 heterocycles. The molecule has 1 radical (unpaired) electrons. The maximum absolute atomic E-state index is 15.9. The molecule has 7 aromatic rings. The van der Waals surface area contributed by atoms with Crippen LogP contribution in [0.5, 0.6) is 0 Å². The molecule has 46 heavy (non-hydrogen) atoms. The number of aromatic nitrogens is 1. The predicted molar refractivity (Wildman–Crippen MR) is 187 cm³/mol. The number of fused-ring (bicyclic) bond motifs is 6. The van der Waals surface area contributed by atoms with Crippen LogP contribution in [0.1, 0.15) is 33.3 Å². The normalized spacial score (nSPS) is 11.6. The Bertz CT molecular complexity index is 2230. The number of carbonyl (C=O) groups is 1. The van der Waals surface area contributed by atoms with E-state index in [2.05, 4.69) is 62.4 Å². The quantitative estimate of drug-likeness (QED) is 0.0816. The summed E-state index contributed by atoms with van der Waals surface area (Å²) in [4.78, 5) is 14.8. The van der Waals surface area contributed by atoms with Gasteiger partial charge >= 0.3 is 0 Å². The molecule has 0 saturated carbocycles. The zero-order chi connectivity index (χ0) is 31.7. The van der Waals surface area contributed by atoms with Crippen molar-refractivity contribution in [2.45, 2.75) is 34.1 Å². The average Bonchev–Trinajstić information content (AvgIpc) is 3.40. The third kappa shape index (κ3) is 6.66. The first-order valence-electron chi connectivity index (χ1n) is 15.0. The molecular weight excluding hydrogens is 770 g/mol. The van der Waals surface area contributed by atoms with E-state index >= 15 is 4.39 Å². The van der Waals surface area contributed by atoms with Gasteiger partial charge in [0.1, 0.15) is 5.82 Å². The number of hydrogen-bond donors (Lipinski definition) is 1. The number of aliphatic hydroxyl groups is 1. The van der Waals surface area contributed by atoms with Gasteiger partial charge in [-0.2, -0.15) is 0 Å². The number of pyridine rings is 1. The molecule has 3 nitrogen and oxygen atoms in total. The molecule has 0 aliphatic rings. The Morgan fingerprint density at radius 2 is 1.63 bits per heavy atom. The van der Waals surface area contributed by atoms with Crippen molar-refractivity contribution in [1.29, 1.82) is 0 Å². The Balaban J connectivity index is 0.000000471. The first-order chi connectivity index (χ1) is 21.7. The molecule has 0 aliphatic heterocycles. The Kier molecular flexibility index (Phi) is 10.1. The van der Waals surface area contributed by atoms with E-state index in [0.717, 1.165) is 44.1 Å². The largest absolute Gasteiger partial charge is 0.512 e. The van der Waals surface area contributed by atoms with Crippen LogP contribution in [0.15, 0.2) is 109 Å². The second kappa shape index (κ2) is 14.0. The molecule has 2 aromatic heterocycles.